The minimum atomic E-state index is 0.0729. The molecule has 0 unspecified atom stereocenters. The molecule has 4 rings (SSSR count). The molecular weight excluding hydrogens is 412 g/mol. The van der Waals surface area contributed by atoms with Gasteiger partial charge in [-0.05, 0) is 43.4 Å². The maximum absolute atomic E-state index is 13.0. The standard InChI is InChI=1S/C27H34N4O2/c32-26(17-16-22-11-4-3-5-12-22)28-18-10-15-25-29-23-13-6-7-14-24(23)31(25)21-27(33)30-19-8-1-2-9-20-30/h3-7,11-14H,1-2,8-10,15-21H2,(H,28,32). The van der Waals surface area contributed by atoms with Gasteiger partial charge < -0.3 is 14.8 Å². The Morgan fingerprint density at radius 1 is 0.879 bits per heavy atom. The van der Waals surface area contributed by atoms with Crippen molar-refractivity contribution in [3.8, 4) is 0 Å². The van der Waals surface area contributed by atoms with Crippen LogP contribution in [0.25, 0.3) is 11.0 Å². The van der Waals surface area contributed by atoms with Gasteiger partial charge in [-0.3, -0.25) is 9.59 Å². The first-order chi connectivity index (χ1) is 16.2. The first-order valence-corrected chi connectivity index (χ1v) is 12.2. The Kier molecular flexibility index (Phi) is 8.12. The third kappa shape index (κ3) is 6.44. The molecule has 6 nitrogen and oxygen atoms in total. The summed E-state index contributed by atoms with van der Waals surface area (Å²) in [5, 5.41) is 3.02. The molecule has 1 aliphatic heterocycles. The lowest BCUT2D eigenvalue weighted by Gasteiger charge is -2.21. The third-order valence-corrected chi connectivity index (χ3v) is 6.37. The summed E-state index contributed by atoms with van der Waals surface area (Å²) >= 11 is 0. The van der Waals surface area contributed by atoms with Crippen LogP contribution >= 0.6 is 0 Å². The summed E-state index contributed by atoms with van der Waals surface area (Å²) in [5.74, 6) is 1.16. The van der Waals surface area contributed by atoms with Crippen LogP contribution in [0.5, 0.6) is 0 Å². The number of hydrogen-bond donors (Lipinski definition) is 1. The summed E-state index contributed by atoms with van der Waals surface area (Å²) < 4.78 is 2.07. The summed E-state index contributed by atoms with van der Waals surface area (Å²) in [6.45, 7) is 2.65. The molecule has 0 radical (unpaired) electrons. The van der Waals surface area contributed by atoms with E-state index < -0.39 is 0 Å². The van der Waals surface area contributed by atoms with E-state index in [0.717, 1.165) is 62.1 Å². The zero-order chi connectivity index (χ0) is 22.9. The molecule has 2 aromatic carbocycles. The molecule has 1 saturated heterocycles. The predicted octanol–water partition coefficient (Wildman–Crippen LogP) is 4.12. The Labute approximate surface area is 196 Å². The second-order valence-electron chi connectivity index (χ2n) is 8.84. The second-order valence-corrected chi connectivity index (χ2v) is 8.84. The highest BCUT2D eigenvalue weighted by atomic mass is 16.2. The van der Waals surface area contributed by atoms with Crippen LogP contribution in [0.1, 0.15) is 49.9 Å². The lowest BCUT2D eigenvalue weighted by molar-refractivity contribution is -0.131. The summed E-state index contributed by atoms with van der Waals surface area (Å²) in [6, 6.07) is 18.1. The summed E-state index contributed by atoms with van der Waals surface area (Å²) in [6.07, 6.45) is 7.36. The fourth-order valence-corrected chi connectivity index (χ4v) is 4.51. The van der Waals surface area contributed by atoms with E-state index in [-0.39, 0.29) is 11.8 Å². The Balaban J connectivity index is 1.32. The number of benzene rings is 2. The number of aryl methyl sites for hydroxylation is 2. The Hall–Kier alpha value is -3.15. The number of nitrogens with one attached hydrogen (secondary N) is 1. The summed E-state index contributed by atoms with van der Waals surface area (Å²) in [5.41, 5.74) is 3.10. The van der Waals surface area contributed by atoms with Gasteiger partial charge >= 0.3 is 0 Å². The van der Waals surface area contributed by atoms with Gasteiger partial charge in [-0.15, -0.1) is 0 Å². The lowest BCUT2D eigenvalue weighted by Crippen LogP contribution is -2.35. The molecule has 0 spiro atoms. The monoisotopic (exact) mass is 446 g/mol. The largest absolute Gasteiger partial charge is 0.356 e. The van der Waals surface area contributed by atoms with E-state index in [2.05, 4.69) is 9.88 Å². The SMILES string of the molecule is O=C(CCc1ccccc1)NCCCc1nc2ccccc2n1CC(=O)N1CCCCCC1. The minimum Gasteiger partial charge on any atom is -0.356 e. The number of rotatable bonds is 9. The highest BCUT2D eigenvalue weighted by Crippen LogP contribution is 2.18. The van der Waals surface area contributed by atoms with Gasteiger partial charge in [-0.1, -0.05) is 55.3 Å². The van der Waals surface area contributed by atoms with Gasteiger partial charge in [0.2, 0.25) is 11.8 Å². The highest BCUT2D eigenvalue weighted by molar-refractivity contribution is 5.81. The lowest BCUT2D eigenvalue weighted by atomic mass is 10.1. The molecule has 0 aliphatic carbocycles. The molecule has 1 aromatic heterocycles. The van der Waals surface area contributed by atoms with Gasteiger partial charge in [0.25, 0.3) is 0 Å². The smallest absolute Gasteiger partial charge is 0.242 e. The van der Waals surface area contributed by atoms with E-state index in [0.29, 0.717) is 19.5 Å². The van der Waals surface area contributed by atoms with Crippen LogP contribution in [0.4, 0.5) is 0 Å². The average molecular weight is 447 g/mol. The van der Waals surface area contributed by atoms with Crippen molar-refractivity contribution in [2.45, 2.75) is 57.9 Å². The molecule has 33 heavy (non-hydrogen) atoms. The molecule has 6 heteroatoms. The molecule has 1 N–H and O–H groups in total. The molecule has 1 aliphatic rings. The van der Waals surface area contributed by atoms with Gasteiger partial charge in [-0.2, -0.15) is 0 Å². The molecule has 2 heterocycles. The Bertz CT molecular complexity index is 1050. The number of imidazole rings is 1. The number of fused-ring (bicyclic) bond motifs is 1. The minimum absolute atomic E-state index is 0.0729. The number of aromatic nitrogens is 2. The summed E-state index contributed by atoms with van der Waals surface area (Å²) in [7, 11) is 0. The fourth-order valence-electron chi connectivity index (χ4n) is 4.51. The normalized spacial score (nSPS) is 14.2. The number of hydrogen-bond acceptors (Lipinski definition) is 3. The topological polar surface area (TPSA) is 67.2 Å². The van der Waals surface area contributed by atoms with Crippen LogP contribution in [0.2, 0.25) is 0 Å². The van der Waals surface area contributed by atoms with Gasteiger partial charge in [-0.25, -0.2) is 4.98 Å². The van der Waals surface area contributed by atoms with Crippen LogP contribution in [-0.2, 0) is 29.0 Å². The van der Waals surface area contributed by atoms with Crippen LogP contribution in [0, 0.1) is 0 Å². The average Bonchev–Trinajstić information content (AvgIpc) is 3.00. The van der Waals surface area contributed by atoms with Gasteiger partial charge in [0, 0.05) is 32.5 Å². The zero-order valence-electron chi connectivity index (χ0n) is 19.3. The number of carbonyl (C=O) groups excluding carboxylic acids is 2. The van der Waals surface area contributed by atoms with Crippen molar-refractivity contribution < 1.29 is 9.59 Å². The van der Waals surface area contributed by atoms with Crippen molar-refractivity contribution in [3.05, 3.63) is 66.0 Å². The molecule has 0 bridgehead atoms. The maximum Gasteiger partial charge on any atom is 0.242 e. The second kappa shape index (κ2) is 11.6. The van der Waals surface area contributed by atoms with Gasteiger partial charge in [0.1, 0.15) is 12.4 Å². The van der Waals surface area contributed by atoms with Crippen LogP contribution in [0.3, 0.4) is 0 Å². The van der Waals surface area contributed by atoms with E-state index in [4.69, 9.17) is 4.98 Å². The number of carbonyl (C=O) groups is 2. The van der Waals surface area contributed by atoms with Crippen molar-refractivity contribution in [3.63, 3.8) is 0 Å². The summed E-state index contributed by atoms with van der Waals surface area (Å²) in [4.78, 5) is 32.1. The van der Waals surface area contributed by atoms with Crippen molar-refractivity contribution >= 4 is 22.8 Å². The van der Waals surface area contributed by atoms with E-state index in [1.165, 1.54) is 18.4 Å². The van der Waals surface area contributed by atoms with Crippen LogP contribution < -0.4 is 5.32 Å². The van der Waals surface area contributed by atoms with Gasteiger partial charge in [0.05, 0.1) is 11.0 Å². The van der Waals surface area contributed by atoms with E-state index in [9.17, 15) is 9.59 Å². The number of likely N-dealkylation sites (tertiary alicyclic amines) is 1. The van der Waals surface area contributed by atoms with Crippen molar-refractivity contribution in [1.82, 2.24) is 19.8 Å². The quantitative estimate of drug-likeness (QED) is 0.503. The van der Waals surface area contributed by atoms with Crippen LogP contribution in [-0.4, -0.2) is 45.9 Å². The van der Waals surface area contributed by atoms with E-state index in [1.807, 2.05) is 59.5 Å². The zero-order valence-corrected chi connectivity index (χ0v) is 19.3. The fraction of sp³-hybridized carbons (Fsp3) is 0.444. The molecule has 2 amide bonds. The maximum atomic E-state index is 13.0. The van der Waals surface area contributed by atoms with Crippen molar-refractivity contribution in [1.29, 1.82) is 0 Å². The number of para-hydroxylation sites is 2. The molecule has 0 saturated carbocycles. The molecule has 0 atom stereocenters. The number of nitrogens with zero attached hydrogens (tertiary/aromatic N) is 3. The first-order valence-electron chi connectivity index (χ1n) is 12.2. The van der Waals surface area contributed by atoms with E-state index in [1.54, 1.807) is 0 Å². The Morgan fingerprint density at radius 2 is 1.61 bits per heavy atom. The first kappa shape index (κ1) is 23.0. The molecule has 174 valence electrons. The predicted molar refractivity (Wildman–Crippen MR) is 131 cm³/mol. The van der Waals surface area contributed by atoms with E-state index >= 15 is 0 Å². The Morgan fingerprint density at radius 3 is 2.39 bits per heavy atom. The molecule has 1 fully saturated rings. The molecular formula is C27H34N4O2. The number of amides is 2. The van der Waals surface area contributed by atoms with Gasteiger partial charge in [0.15, 0.2) is 0 Å². The third-order valence-electron chi connectivity index (χ3n) is 6.37. The highest BCUT2D eigenvalue weighted by Gasteiger charge is 2.19. The molecule has 3 aromatic rings. The van der Waals surface area contributed by atoms with Crippen molar-refractivity contribution in [2.75, 3.05) is 19.6 Å². The van der Waals surface area contributed by atoms with Crippen molar-refractivity contribution in [2.24, 2.45) is 0 Å². The van der Waals surface area contributed by atoms with Crippen LogP contribution in [0.15, 0.2) is 54.6 Å².